The summed E-state index contributed by atoms with van der Waals surface area (Å²) < 4.78 is 36.0. The molecule has 8 heteroatoms. The highest BCUT2D eigenvalue weighted by atomic mass is 19.1. The summed E-state index contributed by atoms with van der Waals surface area (Å²) in [5.41, 5.74) is 4.00. The van der Waals surface area contributed by atoms with E-state index < -0.39 is 11.6 Å². The van der Waals surface area contributed by atoms with Gasteiger partial charge in [0.25, 0.3) is 0 Å². The Labute approximate surface area is 184 Å². The van der Waals surface area contributed by atoms with Crippen LogP contribution in [0.3, 0.4) is 0 Å². The van der Waals surface area contributed by atoms with Gasteiger partial charge in [0.2, 0.25) is 0 Å². The molecule has 2 atom stereocenters. The van der Waals surface area contributed by atoms with Crippen LogP contribution in [-0.2, 0) is 11.8 Å². The highest BCUT2D eigenvalue weighted by Crippen LogP contribution is 2.38. The van der Waals surface area contributed by atoms with Gasteiger partial charge < -0.3 is 4.74 Å². The van der Waals surface area contributed by atoms with Crippen LogP contribution in [0.15, 0.2) is 36.7 Å². The van der Waals surface area contributed by atoms with E-state index >= 15 is 0 Å². The predicted octanol–water partition coefficient (Wildman–Crippen LogP) is 4.96. The Bertz CT molecular complexity index is 1320. The molecule has 0 aliphatic carbocycles. The topological polar surface area (TPSA) is 65.7 Å². The van der Waals surface area contributed by atoms with Gasteiger partial charge in [-0.2, -0.15) is 5.10 Å². The Balaban J connectivity index is 1.62. The van der Waals surface area contributed by atoms with Crippen LogP contribution < -0.4 is 0 Å². The average molecular weight is 435 g/mol. The number of pyridine rings is 1. The average Bonchev–Trinajstić information content (AvgIpc) is 3.21. The summed E-state index contributed by atoms with van der Waals surface area (Å²) in [4.78, 5) is 14.2. The van der Waals surface area contributed by atoms with Crippen LogP contribution in [0.25, 0.3) is 22.3 Å². The first-order valence-corrected chi connectivity index (χ1v) is 10.6. The van der Waals surface area contributed by atoms with Crippen LogP contribution in [-0.4, -0.2) is 31.3 Å². The first kappa shape index (κ1) is 20.6. The van der Waals surface area contributed by atoms with Crippen molar-refractivity contribution >= 4 is 11.0 Å². The fourth-order valence-electron chi connectivity index (χ4n) is 4.20. The molecule has 1 fully saturated rings. The molecule has 0 amide bonds. The van der Waals surface area contributed by atoms with Gasteiger partial charge in [-0.15, -0.1) is 0 Å². The number of nitrogens with zero attached hydrogens (tertiary/aromatic N) is 5. The van der Waals surface area contributed by atoms with Crippen molar-refractivity contribution < 1.29 is 13.5 Å². The lowest BCUT2D eigenvalue weighted by atomic mass is 9.92. The molecule has 32 heavy (non-hydrogen) atoms. The zero-order valence-electron chi connectivity index (χ0n) is 18.1. The quantitative estimate of drug-likeness (QED) is 0.455. The summed E-state index contributed by atoms with van der Waals surface area (Å²) in [5.74, 6) is -0.665. The lowest BCUT2D eigenvalue weighted by Gasteiger charge is -2.28. The van der Waals surface area contributed by atoms with Crippen LogP contribution in [0.5, 0.6) is 0 Å². The number of aryl methyl sites for hydroxylation is 3. The molecule has 0 N–H and O–H groups in total. The third kappa shape index (κ3) is 3.75. The van der Waals surface area contributed by atoms with Gasteiger partial charge in [0, 0.05) is 54.0 Å². The maximum atomic E-state index is 14.8. The second kappa shape index (κ2) is 8.02. The molecule has 3 aromatic heterocycles. The molecular formula is C24H23F2N5O. The third-order valence-electron chi connectivity index (χ3n) is 6.08. The van der Waals surface area contributed by atoms with Crippen molar-refractivity contribution in [3.8, 4) is 11.3 Å². The normalized spacial score (nSPS) is 18.9. The number of hydrogen-bond donors (Lipinski definition) is 0. The van der Waals surface area contributed by atoms with Crippen molar-refractivity contribution in [2.24, 2.45) is 7.05 Å². The van der Waals surface area contributed by atoms with Crippen LogP contribution in [0.2, 0.25) is 0 Å². The number of halogens is 2. The van der Waals surface area contributed by atoms with Crippen molar-refractivity contribution in [3.63, 3.8) is 0 Å². The Kier molecular flexibility index (Phi) is 5.17. The van der Waals surface area contributed by atoms with Gasteiger partial charge in [0.15, 0.2) is 5.65 Å². The lowest BCUT2D eigenvalue weighted by Crippen LogP contribution is -2.20. The zero-order chi connectivity index (χ0) is 22.4. The minimum absolute atomic E-state index is 0.0176. The van der Waals surface area contributed by atoms with Crippen molar-refractivity contribution in [1.82, 2.24) is 24.7 Å². The lowest BCUT2D eigenvalue weighted by molar-refractivity contribution is 0.00398. The van der Waals surface area contributed by atoms with Crippen LogP contribution in [0.1, 0.15) is 47.5 Å². The first-order chi connectivity index (χ1) is 15.4. The molecule has 1 aliphatic heterocycles. The Hall–Kier alpha value is -3.26. The summed E-state index contributed by atoms with van der Waals surface area (Å²) in [6, 6.07) is 5.47. The minimum atomic E-state index is -0.658. The maximum Gasteiger partial charge on any atom is 0.163 e. The first-order valence-electron chi connectivity index (χ1n) is 10.6. The van der Waals surface area contributed by atoms with Crippen LogP contribution >= 0.6 is 0 Å². The Morgan fingerprint density at radius 3 is 2.69 bits per heavy atom. The number of rotatable bonds is 3. The molecule has 0 bridgehead atoms. The molecule has 0 saturated carbocycles. The molecule has 0 unspecified atom stereocenters. The van der Waals surface area contributed by atoms with E-state index in [4.69, 9.17) is 14.7 Å². The molecule has 1 aromatic carbocycles. The number of fused-ring (bicyclic) bond motifs is 1. The van der Waals surface area contributed by atoms with Crippen molar-refractivity contribution in [1.29, 1.82) is 0 Å². The Morgan fingerprint density at radius 1 is 1.09 bits per heavy atom. The fraction of sp³-hybridized carbons (Fsp3) is 0.333. The predicted molar refractivity (Wildman–Crippen MR) is 116 cm³/mol. The highest BCUT2D eigenvalue weighted by molar-refractivity contribution is 5.91. The molecule has 4 heterocycles. The molecule has 0 spiro atoms. The molecule has 6 nitrogen and oxygen atoms in total. The van der Waals surface area contributed by atoms with Gasteiger partial charge in [-0.05, 0) is 50.5 Å². The van der Waals surface area contributed by atoms with E-state index in [1.165, 1.54) is 12.1 Å². The molecule has 1 saturated heterocycles. The Morgan fingerprint density at radius 2 is 1.94 bits per heavy atom. The van der Waals surface area contributed by atoms with Crippen molar-refractivity contribution in [2.45, 2.75) is 38.7 Å². The van der Waals surface area contributed by atoms with Crippen molar-refractivity contribution in [3.05, 3.63) is 70.9 Å². The van der Waals surface area contributed by atoms with Crippen LogP contribution in [0, 0.1) is 25.5 Å². The molecule has 164 valence electrons. The summed E-state index contributed by atoms with van der Waals surface area (Å²) in [6.07, 6.45) is 5.08. The SMILES string of the molecule is Cc1cc2c(-c3ccc(F)cc3F)nc([C@@H]3CCO[C@@H](c4cnn(C)c4)C3)nc2nc1C. The number of aromatic nitrogens is 5. The van der Waals surface area contributed by atoms with Crippen LogP contribution in [0.4, 0.5) is 8.78 Å². The number of benzene rings is 1. The van der Waals surface area contributed by atoms with Crippen molar-refractivity contribution in [2.75, 3.05) is 6.61 Å². The van der Waals surface area contributed by atoms with Gasteiger partial charge in [-0.3, -0.25) is 4.68 Å². The number of hydrogen-bond acceptors (Lipinski definition) is 5. The summed E-state index contributed by atoms with van der Waals surface area (Å²) in [7, 11) is 1.87. The third-order valence-corrected chi connectivity index (χ3v) is 6.08. The highest BCUT2D eigenvalue weighted by Gasteiger charge is 2.29. The second-order valence-electron chi connectivity index (χ2n) is 8.34. The maximum absolute atomic E-state index is 14.8. The molecule has 0 radical (unpaired) electrons. The van der Waals surface area contributed by atoms with Gasteiger partial charge in [-0.1, -0.05) is 0 Å². The standard InChI is InChI=1S/C24H23F2N5O/c1-13-8-19-22(18-5-4-17(25)10-20(18)26)29-23(30-24(19)28-14(13)2)15-6-7-32-21(9-15)16-11-27-31(3)12-16/h4-5,8,10-12,15,21H,6-7,9H2,1-3H3/t15-,21-/m1/s1. The molecular weight excluding hydrogens is 412 g/mol. The monoisotopic (exact) mass is 435 g/mol. The zero-order valence-corrected chi connectivity index (χ0v) is 18.1. The number of ether oxygens (including phenoxy) is 1. The largest absolute Gasteiger partial charge is 0.373 e. The fourth-order valence-corrected chi connectivity index (χ4v) is 4.20. The summed E-state index contributed by atoms with van der Waals surface area (Å²) >= 11 is 0. The van der Waals surface area contributed by atoms with E-state index in [-0.39, 0.29) is 17.6 Å². The smallest absolute Gasteiger partial charge is 0.163 e. The van der Waals surface area contributed by atoms with Gasteiger partial charge in [-0.25, -0.2) is 23.7 Å². The second-order valence-corrected chi connectivity index (χ2v) is 8.34. The molecule has 5 rings (SSSR count). The van der Waals surface area contributed by atoms with E-state index in [1.54, 1.807) is 10.9 Å². The summed E-state index contributed by atoms with van der Waals surface area (Å²) in [6.45, 7) is 4.42. The van der Waals surface area contributed by atoms with E-state index in [0.29, 0.717) is 35.6 Å². The summed E-state index contributed by atoms with van der Waals surface area (Å²) in [5, 5.41) is 4.89. The van der Waals surface area contributed by atoms with E-state index in [9.17, 15) is 8.78 Å². The van der Waals surface area contributed by atoms with Gasteiger partial charge in [0.1, 0.15) is 17.5 Å². The van der Waals surface area contributed by atoms with E-state index in [0.717, 1.165) is 29.3 Å². The van der Waals surface area contributed by atoms with Gasteiger partial charge in [0.05, 0.1) is 18.0 Å². The molecule has 4 aromatic rings. The van der Waals surface area contributed by atoms with Gasteiger partial charge >= 0.3 is 0 Å². The molecule has 1 aliphatic rings. The van der Waals surface area contributed by atoms with E-state index in [1.807, 2.05) is 33.2 Å². The minimum Gasteiger partial charge on any atom is -0.373 e. The van der Waals surface area contributed by atoms with E-state index in [2.05, 4.69) is 10.1 Å².